The zero-order valence-corrected chi connectivity index (χ0v) is 16.9. The van der Waals surface area contributed by atoms with Gasteiger partial charge in [0.2, 0.25) is 10.0 Å². The molecule has 150 valence electrons. The monoisotopic (exact) mass is 402 g/mol. The molecule has 0 aromatic heterocycles. The Morgan fingerprint density at radius 3 is 2.46 bits per heavy atom. The summed E-state index contributed by atoms with van der Waals surface area (Å²) in [6.45, 7) is 3.02. The summed E-state index contributed by atoms with van der Waals surface area (Å²) in [6, 6.07) is 13.9. The molecule has 0 unspecified atom stereocenters. The smallest absolute Gasteiger partial charge is 0.262 e. The number of amides is 1. The highest BCUT2D eigenvalue weighted by Gasteiger charge is 2.26. The lowest BCUT2D eigenvalue weighted by atomic mass is 10.2. The van der Waals surface area contributed by atoms with Crippen LogP contribution in [0, 0.1) is 0 Å². The second kappa shape index (κ2) is 9.21. The van der Waals surface area contributed by atoms with Crippen LogP contribution in [0.2, 0.25) is 0 Å². The molecule has 2 aromatic carbocycles. The van der Waals surface area contributed by atoms with Gasteiger partial charge in [0.15, 0.2) is 6.61 Å². The lowest BCUT2D eigenvalue weighted by Crippen LogP contribution is -2.35. The van der Waals surface area contributed by atoms with Gasteiger partial charge in [0.05, 0.1) is 4.90 Å². The number of aryl methyl sites for hydroxylation is 1. The van der Waals surface area contributed by atoms with Gasteiger partial charge >= 0.3 is 0 Å². The summed E-state index contributed by atoms with van der Waals surface area (Å²) in [5, 5.41) is 2.70. The summed E-state index contributed by atoms with van der Waals surface area (Å²) >= 11 is 0. The first-order valence-corrected chi connectivity index (χ1v) is 11.0. The van der Waals surface area contributed by atoms with Gasteiger partial charge in [-0.2, -0.15) is 4.31 Å². The molecule has 28 heavy (non-hydrogen) atoms. The Hall–Kier alpha value is -2.38. The van der Waals surface area contributed by atoms with Crippen molar-refractivity contribution in [3.05, 3.63) is 54.1 Å². The maximum absolute atomic E-state index is 12.8. The van der Waals surface area contributed by atoms with E-state index in [1.54, 1.807) is 18.2 Å². The van der Waals surface area contributed by atoms with Crippen LogP contribution in [0.4, 0.5) is 5.69 Å². The molecule has 1 aliphatic heterocycles. The molecule has 2 aromatic rings. The molecule has 0 spiro atoms. The molecule has 0 bridgehead atoms. The van der Waals surface area contributed by atoms with E-state index >= 15 is 0 Å². The molecule has 0 saturated carbocycles. The highest BCUT2D eigenvalue weighted by atomic mass is 32.2. The normalized spacial score (nSPS) is 15.2. The van der Waals surface area contributed by atoms with Crippen molar-refractivity contribution >= 4 is 21.6 Å². The molecular formula is C21H26N2O4S. The molecule has 0 aliphatic carbocycles. The Kier molecular flexibility index (Phi) is 6.70. The van der Waals surface area contributed by atoms with Gasteiger partial charge in [0.25, 0.3) is 5.91 Å². The number of hydrogen-bond donors (Lipinski definition) is 1. The number of rotatable bonds is 7. The molecule has 7 heteroatoms. The number of hydrogen-bond acceptors (Lipinski definition) is 4. The van der Waals surface area contributed by atoms with Crippen LogP contribution in [0.25, 0.3) is 0 Å². The van der Waals surface area contributed by atoms with Gasteiger partial charge in [-0.1, -0.05) is 31.5 Å². The summed E-state index contributed by atoms with van der Waals surface area (Å²) in [4.78, 5) is 12.4. The van der Waals surface area contributed by atoms with Gasteiger partial charge in [-0.05, 0) is 55.2 Å². The van der Waals surface area contributed by atoms with E-state index < -0.39 is 10.0 Å². The van der Waals surface area contributed by atoms with Gasteiger partial charge in [-0.15, -0.1) is 0 Å². The van der Waals surface area contributed by atoms with Crippen molar-refractivity contribution in [1.29, 1.82) is 0 Å². The first-order valence-electron chi connectivity index (χ1n) is 9.61. The molecule has 6 nitrogen and oxygen atoms in total. The first-order chi connectivity index (χ1) is 13.5. The fourth-order valence-electron chi connectivity index (χ4n) is 3.16. The van der Waals surface area contributed by atoms with Crippen LogP contribution >= 0.6 is 0 Å². The van der Waals surface area contributed by atoms with Crippen molar-refractivity contribution < 1.29 is 17.9 Å². The van der Waals surface area contributed by atoms with E-state index in [0.717, 1.165) is 25.7 Å². The number of piperidine rings is 1. The summed E-state index contributed by atoms with van der Waals surface area (Å²) < 4.78 is 32.6. The largest absolute Gasteiger partial charge is 0.484 e. The highest BCUT2D eigenvalue weighted by molar-refractivity contribution is 7.89. The van der Waals surface area contributed by atoms with Gasteiger partial charge in [0, 0.05) is 18.8 Å². The Morgan fingerprint density at radius 2 is 1.79 bits per heavy atom. The zero-order chi connectivity index (χ0) is 20.0. The second-order valence-corrected chi connectivity index (χ2v) is 8.76. The van der Waals surface area contributed by atoms with Crippen LogP contribution < -0.4 is 10.1 Å². The minimum Gasteiger partial charge on any atom is -0.484 e. The third kappa shape index (κ3) is 5.11. The van der Waals surface area contributed by atoms with Gasteiger partial charge in [-0.25, -0.2) is 8.42 Å². The van der Waals surface area contributed by atoms with Crippen LogP contribution in [-0.4, -0.2) is 38.3 Å². The topological polar surface area (TPSA) is 75.7 Å². The lowest BCUT2D eigenvalue weighted by molar-refractivity contribution is -0.118. The van der Waals surface area contributed by atoms with E-state index in [2.05, 4.69) is 12.2 Å². The molecule has 1 N–H and O–H groups in total. The van der Waals surface area contributed by atoms with E-state index in [4.69, 9.17) is 4.74 Å². The molecule has 0 radical (unpaired) electrons. The molecule has 1 aliphatic rings. The number of carbonyl (C=O) groups excluding carboxylic acids is 1. The minimum atomic E-state index is -3.53. The van der Waals surface area contributed by atoms with Gasteiger partial charge < -0.3 is 10.1 Å². The summed E-state index contributed by atoms with van der Waals surface area (Å²) in [5.41, 5.74) is 1.64. The van der Waals surface area contributed by atoms with Crippen molar-refractivity contribution in [2.75, 3.05) is 25.0 Å². The number of ether oxygens (including phenoxy) is 1. The number of benzene rings is 2. The number of sulfonamides is 1. The molecule has 0 atom stereocenters. The number of nitrogens with one attached hydrogen (secondary N) is 1. The van der Waals surface area contributed by atoms with E-state index in [1.807, 2.05) is 24.3 Å². The predicted octanol–water partition coefficient (Wildman–Crippen LogP) is 3.44. The zero-order valence-electron chi connectivity index (χ0n) is 16.1. The maximum Gasteiger partial charge on any atom is 0.262 e. The summed E-state index contributed by atoms with van der Waals surface area (Å²) in [5.74, 6) is 0.279. The summed E-state index contributed by atoms with van der Waals surface area (Å²) in [6.07, 6.45) is 3.76. The van der Waals surface area contributed by atoms with E-state index in [-0.39, 0.29) is 17.4 Å². The molecule has 3 rings (SSSR count). The minimum absolute atomic E-state index is 0.144. The average molecular weight is 403 g/mol. The van der Waals surface area contributed by atoms with E-state index in [0.29, 0.717) is 24.5 Å². The molecule has 1 fully saturated rings. The quantitative estimate of drug-likeness (QED) is 0.770. The Balaban J connectivity index is 1.61. The van der Waals surface area contributed by atoms with E-state index in [9.17, 15) is 13.2 Å². The number of carbonyl (C=O) groups is 1. The fourth-order valence-corrected chi connectivity index (χ4v) is 4.72. The van der Waals surface area contributed by atoms with Crippen molar-refractivity contribution in [2.45, 2.75) is 37.5 Å². The maximum atomic E-state index is 12.8. The van der Waals surface area contributed by atoms with Crippen molar-refractivity contribution in [3.63, 3.8) is 0 Å². The van der Waals surface area contributed by atoms with Gasteiger partial charge in [-0.3, -0.25) is 4.79 Å². The Labute approximate surface area is 166 Å². The van der Waals surface area contributed by atoms with Crippen LogP contribution in [0.3, 0.4) is 0 Å². The van der Waals surface area contributed by atoms with Crippen molar-refractivity contribution in [1.82, 2.24) is 4.31 Å². The average Bonchev–Trinajstić information content (AvgIpc) is 2.73. The summed E-state index contributed by atoms with van der Waals surface area (Å²) in [7, 11) is -3.53. The Bertz CT molecular complexity index is 904. The molecular weight excluding hydrogens is 376 g/mol. The first kappa shape index (κ1) is 20.4. The van der Waals surface area contributed by atoms with Gasteiger partial charge in [0.1, 0.15) is 5.75 Å². The predicted molar refractivity (Wildman–Crippen MR) is 109 cm³/mol. The van der Waals surface area contributed by atoms with E-state index in [1.165, 1.54) is 15.9 Å². The molecule has 1 amide bonds. The van der Waals surface area contributed by atoms with Crippen molar-refractivity contribution in [2.24, 2.45) is 0 Å². The third-order valence-electron chi connectivity index (χ3n) is 4.77. The lowest BCUT2D eigenvalue weighted by Gasteiger charge is -2.26. The van der Waals surface area contributed by atoms with Crippen LogP contribution in [0.5, 0.6) is 5.75 Å². The van der Waals surface area contributed by atoms with Crippen LogP contribution in [0.1, 0.15) is 31.7 Å². The van der Waals surface area contributed by atoms with Crippen LogP contribution in [-0.2, 0) is 21.2 Å². The molecule has 1 heterocycles. The van der Waals surface area contributed by atoms with Crippen LogP contribution in [0.15, 0.2) is 53.4 Å². The number of anilines is 1. The SMILES string of the molecule is CCc1ccc(OCC(=O)Nc2cccc(S(=O)(=O)N3CCCCC3)c2)cc1. The fraction of sp³-hybridized carbons (Fsp3) is 0.381. The van der Waals surface area contributed by atoms with Crippen molar-refractivity contribution in [3.8, 4) is 5.75 Å². The molecule has 1 saturated heterocycles. The second-order valence-electron chi connectivity index (χ2n) is 6.83. The highest BCUT2D eigenvalue weighted by Crippen LogP contribution is 2.23. The third-order valence-corrected chi connectivity index (χ3v) is 6.67. The number of nitrogens with zero attached hydrogens (tertiary/aromatic N) is 1. The standard InChI is InChI=1S/C21H26N2O4S/c1-2-17-9-11-19(12-10-17)27-16-21(24)22-18-7-6-8-20(15-18)28(25,26)23-13-4-3-5-14-23/h6-12,15H,2-5,13-14,16H2,1H3,(H,22,24). The Morgan fingerprint density at radius 1 is 1.07 bits per heavy atom.